The molecule has 0 aliphatic heterocycles. The third-order valence-electron chi connectivity index (χ3n) is 9.63. The van der Waals surface area contributed by atoms with E-state index in [-0.39, 0.29) is 22.8 Å². The number of fused-ring (bicyclic) bond motifs is 4. The van der Waals surface area contributed by atoms with Crippen LogP contribution in [0.25, 0.3) is 0 Å². The van der Waals surface area contributed by atoms with Gasteiger partial charge in [-0.3, -0.25) is 0 Å². The van der Waals surface area contributed by atoms with Gasteiger partial charge in [-0.1, -0.05) is 46.3 Å². The standard InChI is InChI=1S/C26H41ClO2/c1-15(2)24(29)23(27)16(3)20-8-9-21-19-7-6-17-14-18(28)10-12-25(17,4)22(19)11-13-26(20,21)5/h9,15-18,20,23-24,28-29H,6-8,10-14H2,1-5H3/t16?,17-,18-,20+,23+,24-,25-,26+/m0/s1. The molecule has 4 rings (SSSR count). The van der Waals surface area contributed by atoms with Crippen molar-refractivity contribution in [3.05, 3.63) is 22.8 Å². The summed E-state index contributed by atoms with van der Waals surface area (Å²) in [5.74, 6) is 1.66. The highest BCUT2D eigenvalue weighted by molar-refractivity contribution is 6.21. The number of hydrogen-bond acceptors (Lipinski definition) is 2. The highest BCUT2D eigenvalue weighted by Crippen LogP contribution is 2.64. The summed E-state index contributed by atoms with van der Waals surface area (Å²) in [4.78, 5) is 0. The van der Waals surface area contributed by atoms with Crippen LogP contribution in [0.2, 0.25) is 0 Å². The lowest BCUT2D eigenvalue weighted by atomic mass is 9.51. The predicted octanol–water partition coefficient (Wildman–Crippen LogP) is 6.25. The molecule has 29 heavy (non-hydrogen) atoms. The molecule has 8 atom stereocenters. The largest absolute Gasteiger partial charge is 0.393 e. The summed E-state index contributed by atoms with van der Waals surface area (Å²) in [7, 11) is 0. The van der Waals surface area contributed by atoms with Crippen molar-refractivity contribution in [3.8, 4) is 0 Å². The number of allylic oxidation sites excluding steroid dienone is 4. The van der Waals surface area contributed by atoms with Crippen molar-refractivity contribution in [1.29, 1.82) is 0 Å². The van der Waals surface area contributed by atoms with E-state index in [2.05, 4.69) is 40.7 Å². The highest BCUT2D eigenvalue weighted by Gasteiger charge is 2.53. The van der Waals surface area contributed by atoms with Gasteiger partial charge in [0.15, 0.2) is 0 Å². The zero-order valence-electron chi connectivity index (χ0n) is 19.0. The van der Waals surface area contributed by atoms with Gasteiger partial charge in [0.1, 0.15) is 0 Å². The summed E-state index contributed by atoms with van der Waals surface area (Å²) >= 11 is 6.81. The van der Waals surface area contributed by atoms with Crippen molar-refractivity contribution in [2.75, 3.05) is 0 Å². The summed E-state index contributed by atoms with van der Waals surface area (Å²) in [6.45, 7) is 11.3. The van der Waals surface area contributed by atoms with Crippen molar-refractivity contribution >= 4 is 11.6 Å². The van der Waals surface area contributed by atoms with Crippen molar-refractivity contribution in [2.24, 2.45) is 34.5 Å². The van der Waals surface area contributed by atoms with Gasteiger partial charge in [-0.15, -0.1) is 11.6 Å². The first kappa shape index (κ1) is 21.9. The molecule has 0 aromatic rings. The molecule has 0 spiro atoms. The van der Waals surface area contributed by atoms with Crippen LogP contribution < -0.4 is 0 Å². The molecule has 0 aromatic heterocycles. The predicted molar refractivity (Wildman–Crippen MR) is 121 cm³/mol. The van der Waals surface area contributed by atoms with Crippen LogP contribution in [0.1, 0.15) is 86.0 Å². The van der Waals surface area contributed by atoms with Crippen LogP contribution >= 0.6 is 11.6 Å². The Morgan fingerprint density at radius 2 is 1.79 bits per heavy atom. The molecular weight excluding hydrogens is 380 g/mol. The molecule has 2 N–H and O–H groups in total. The number of aliphatic hydroxyl groups excluding tert-OH is 2. The van der Waals surface area contributed by atoms with Gasteiger partial charge in [0.2, 0.25) is 0 Å². The maximum absolute atomic E-state index is 10.6. The fourth-order valence-electron chi connectivity index (χ4n) is 7.56. The maximum atomic E-state index is 10.6. The lowest BCUT2D eigenvalue weighted by molar-refractivity contribution is 0.0216. The summed E-state index contributed by atoms with van der Waals surface area (Å²) < 4.78 is 0. The number of halogens is 1. The van der Waals surface area contributed by atoms with Crippen LogP contribution in [0.3, 0.4) is 0 Å². The van der Waals surface area contributed by atoms with Crippen LogP contribution in [0.15, 0.2) is 22.8 Å². The molecule has 0 radical (unpaired) electrons. The summed E-state index contributed by atoms with van der Waals surface area (Å²) in [6, 6.07) is 0. The Morgan fingerprint density at radius 3 is 2.48 bits per heavy atom. The number of aliphatic hydroxyl groups is 2. The summed E-state index contributed by atoms with van der Waals surface area (Å²) in [5, 5.41) is 20.6. The molecule has 0 saturated heterocycles. The highest BCUT2D eigenvalue weighted by atomic mass is 35.5. The first-order valence-electron chi connectivity index (χ1n) is 12.0. The van der Waals surface area contributed by atoms with E-state index in [1.165, 1.54) is 25.7 Å². The van der Waals surface area contributed by atoms with Crippen LogP contribution in [0, 0.1) is 34.5 Å². The maximum Gasteiger partial charge on any atom is 0.0729 e. The number of rotatable bonds is 4. The molecule has 1 fully saturated rings. The van der Waals surface area contributed by atoms with Gasteiger partial charge in [0.25, 0.3) is 0 Å². The van der Waals surface area contributed by atoms with E-state index < -0.39 is 6.10 Å². The second-order valence-corrected chi connectivity index (χ2v) is 12.0. The smallest absolute Gasteiger partial charge is 0.0729 e. The van der Waals surface area contributed by atoms with E-state index in [1.54, 1.807) is 16.7 Å². The molecule has 3 heteroatoms. The van der Waals surface area contributed by atoms with E-state index in [0.29, 0.717) is 23.2 Å². The molecule has 164 valence electrons. The molecule has 0 heterocycles. The van der Waals surface area contributed by atoms with Crippen LogP contribution in [-0.2, 0) is 0 Å². The molecule has 1 saturated carbocycles. The minimum absolute atomic E-state index is 0.0898. The first-order chi connectivity index (χ1) is 13.6. The van der Waals surface area contributed by atoms with Gasteiger partial charge in [-0.05, 0) is 97.0 Å². The molecule has 0 aromatic carbocycles. The fraction of sp³-hybridized carbons (Fsp3) is 0.846. The van der Waals surface area contributed by atoms with Gasteiger partial charge in [0.05, 0.1) is 17.6 Å². The Balaban J connectivity index is 1.61. The lowest BCUT2D eigenvalue weighted by Gasteiger charge is -2.54. The number of alkyl halides is 1. The molecule has 0 bridgehead atoms. The summed E-state index contributed by atoms with van der Waals surface area (Å²) in [5.41, 5.74) is 5.49. The van der Waals surface area contributed by atoms with Crippen molar-refractivity contribution in [2.45, 2.75) is 104 Å². The van der Waals surface area contributed by atoms with Crippen LogP contribution in [0.4, 0.5) is 0 Å². The quantitative estimate of drug-likeness (QED) is 0.527. The Labute approximate surface area is 182 Å². The van der Waals surface area contributed by atoms with Gasteiger partial charge >= 0.3 is 0 Å². The monoisotopic (exact) mass is 420 g/mol. The average molecular weight is 421 g/mol. The van der Waals surface area contributed by atoms with Crippen LogP contribution in [-0.4, -0.2) is 27.8 Å². The minimum Gasteiger partial charge on any atom is -0.393 e. The molecular formula is C26H41ClO2. The number of hydrogen-bond donors (Lipinski definition) is 2. The third kappa shape index (κ3) is 3.37. The Hall–Kier alpha value is -0.310. The zero-order valence-corrected chi connectivity index (χ0v) is 19.8. The molecule has 2 nitrogen and oxygen atoms in total. The second-order valence-electron chi connectivity index (χ2n) is 11.5. The van der Waals surface area contributed by atoms with Crippen LogP contribution in [0.5, 0.6) is 0 Å². The van der Waals surface area contributed by atoms with Gasteiger partial charge < -0.3 is 10.2 Å². The Kier molecular flexibility index (Phi) is 5.80. The van der Waals surface area contributed by atoms with Crippen molar-refractivity contribution < 1.29 is 10.2 Å². The Bertz CT molecular complexity index is 709. The fourth-order valence-corrected chi connectivity index (χ4v) is 8.03. The van der Waals surface area contributed by atoms with E-state index in [0.717, 1.165) is 25.7 Å². The Morgan fingerprint density at radius 1 is 1.07 bits per heavy atom. The lowest BCUT2D eigenvalue weighted by Crippen LogP contribution is -2.45. The minimum atomic E-state index is -0.444. The molecule has 4 aliphatic rings. The van der Waals surface area contributed by atoms with Crippen molar-refractivity contribution in [1.82, 2.24) is 0 Å². The molecule has 0 amide bonds. The normalized spacial score (nSPS) is 42.7. The van der Waals surface area contributed by atoms with Gasteiger partial charge in [-0.25, -0.2) is 0 Å². The van der Waals surface area contributed by atoms with E-state index >= 15 is 0 Å². The topological polar surface area (TPSA) is 40.5 Å². The molecule has 4 aliphatic carbocycles. The zero-order chi connectivity index (χ0) is 21.1. The van der Waals surface area contributed by atoms with Gasteiger partial charge in [0, 0.05) is 0 Å². The van der Waals surface area contributed by atoms with E-state index in [9.17, 15) is 10.2 Å². The SMILES string of the molecule is CC([C@@H](Cl)[C@@H](O)C(C)C)[C@H]1CC=C2C3=C(CC[C@@]21C)[C@@]1(C)CC[C@H](O)C[C@@H]1CC3. The van der Waals surface area contributed by atoms with Crippen molar-refractivity contribution in [3.63, 3.8) is 0 Å². The average Bonchev–Trinajstić information content (AvgIpc) is 3.03. The molecule has 1 unspecified atom stereocenters. The summed E-state index contributed by atoms with van der Waals surface area (Å²) in [6.07, 6.45) is 11.0. The van der Waals surface area contributed by atoms with E-state index in [4.69, 9.17) is 11.6 Å². The van der Waals surface area contributed by atoms with E-state index in [1.807, 2.05) is 0 Å². The second kappa shape index (κ2) is 7.68. The first-order valence-corrected chi connectivity index (χ1v) is 12.5. The third-order valence-corrected chi connectivity index (χ3v) is 10.3. The van der Waals surface area contributed by atoms with Gasteiger partial charge in [-0.2, -0.15) is 0 Å².